The fourth-order valence-electron chi connectivity index (χ4n) is 4.13. The Balaban J connectivity index is 1.95. The third kappa shape index (κ3) is 5.73. The number of hydrogen-bond donors (Lipinski definition) is 2. The van der Waals surface area contributed by atoms with Crippen LogP contribution in [0.25, 0.3) is 0 Å². The Bertz CT molecular complexity index is 794. The first-order valence-corrected chi connectivity index (χ1v) is 11.9. The summed E-state index contributed by atoms with van der Waals surface area (Å²) in [6, 6.07) is 0.423. The third-order valence-electron chi connectivity index (χ3n) is 5.92. The largest absolute Gasteiger partial charge is 0.492 e. The molecule has 2 heterocycles. The number of likely N-dealkylation sites (tertiary alicyclic amines) is 2. The summed E-state index contributed by atoms with van der Waals surface area (Å²) in [6.45, 7) is 6.51. The average Bonchev–Trinajstić information content (AvgIpc) is 2.72. The standard InChI is InChI=1S/C19H34N6O4S/c1-14(21)18(29-3)17(22-13-20)19(26)25-11-7-16(8-12-25)24-9-5-15(6-10-24)23(2)30(4,27)28/h13,15-16H,1,5-12,21H2,2-4H3,(H2,20,22)/b18-17+. The molecule has 0 aromatic heterocycles. The Kier molecular flexibility index (Phi) is 8.27. The highest BCUT2D eigenvalue weighted by Gasteiger charge is 2.33. The van der Waals surface area contributed by atoms with E-state index in [9.17, 15) is 13.2 Å². The predicted octanol–water partition coefficient (Wildman–Crippen LogP) is -0.349. The van der Waals surface area contributed by atoms with Crippen molar-refractivity contribution in [1.82, 2.24) is 14.1 Å². The number of rotatable bonds is 7. The van der Waals surface area contributed by atoms with Crippen LogP contribution in [-0.4, -0.2) is 93.4 Å². The number of nitrogens with zero attached hydrogens (tertiary/aromatic N) is 4. The van der Waals surface area contributed by atoms with Gasteiger partial charge in [0.25, 0.3) is 5.91 Å². The van der Waals surface area contributed by atoms with E-state index in [2.05, 4.69) is 16.5 Å². The molecule has 0 bridgehead atoms. The molecule has 10 nitrogen and oxygen atoms in total. The molecule has 2 aliphatic heterocycles. The highest BCUT2D eigenvalue weighted by atomic mass is 32.2. The highest BCUT2D eigenvalue weighted by Crippen LogP contribution is 2.25. The van der Waals surface area contributed by atoms with Crippen molar-refractivity contribution in [3.05, 3.63) is 23.7 Å². The smallest absolute Gasteiger partial charge is 0.276 e. The minimum Gasteiger partial charge on any atom is -0.492 e. The van der Waals surface area contributed by atoms with Gasteiger partial charge in [0, 0.05) is 32.2 Å². The van der Waals surface area contributed by atoms with Crippen molar-refractivity contribution < 1.29 is 17.9 Å². The summed E-state index contributed by atoms with van der Waals surface area (Å²) in [5, 5.41) is 0. The van der Waals surface area contributed by atoms with E-state index < -0.39 is 10.0 Å². The van der Waals surface area contributed by atoms with Crippen molar-refractivity contribution in [1.29, 1.82) is 0 Å². The van der Waals surface area contributed by atoms with E-state index in [4.69, 9.17) is 16.2 Å². The summed E-state index contributed by atoms with van der Waals surface area (Å²) in [4.78, 5) is 21.0. The van der Waals surface area contributed by atoms with Gasteiger partial charge in [0.1, 0.15) is 0 Å². The fourth-order valence-corrected chi connectivity index (χ4v) is 4.89. The molecule has 2 aliphatic rings. The predicted molar refractivity (Wildman–Crippen MR) is 117 cm³/mol. The summed E-state index contributed by atoms with van der Waals surface area (Å²) in [5.74, 6) is -0.159. The van der Waals surface area contributed by atoms with E-state index in [0.717, 1.165) is 45.1 Å². The Morgan fingerprint density at radius 3 is 2.20 bits per heavy atom. The number of amides is 1. The molecule has 11 heteroatoms. The van der Waals surface area contributed by atoms with Crippen molar-refractivity contribution >= 4 is 22.3 Å². The topological polar surface area (TPSA) is 135 Å². The number of sulfonamides is 1. The Morgan fingerprint density at radius 1 is 1.20 bits per heavy atom. The van der Waals surface area contributed by atoms with E-state index in [1.807, 2.05) is 0 Å². The zero-order chi connectivity index (χ0) is 22.5. The van der Waals surface area contributed by atoms with Crippen LogP contribution in [0, 0.1) is 0 Å². The lowest BCUT2D eigenvalue weighted by Crippen LogP contribution is -2.52. The zero-order valence-corrected chi connectivity index (χ0v) is 18.9. The summed E-state index contributed by atoms with van der Waals surface area (Å²) in [7, 11) is -0.111. The number of ether oxygens (including phenoxy) is 1. The minimum atomic E-state index is -3.17. The molecule has 0 spiro atoms. The Morgan fingerprint density at radius 2 is 1.77 bits per heavy atom. The number of methoxy groups -OCH3 is 1. The molecule has 0 atom stereocenters. The first kappa shape index (κ1) is 24.2. The Labute approximate surface area is 179 Å². The van der Waals surface area contributed by atoms with Crippen LogP contribution in [-0.2, 0) is 19.6 Å². The van der Waals surface area contributed by atoms with Crippen LogP contribution in [0.5, 0.6) is 0 Å². The summed E-state index contributed by atoms with van der Waals surface area (Å²) >= 11 is 0. The van der Waals surface area contributed by atoms with Crippen molar-refractivity contribution in [2.45, 2.75) is 37.8 Å². The van der Waals surface area contributed by atoms with Crippen LogP contribution in [0.15, 0.2) is 28.7 Å². The van der Waals surface area contributed by atoms with Crippen LogP contribution < -0.4 is 11.5 Å². The van der Waals surface area contributed by atoms with Crippen molar-refractivity contribution in [2.24, 2.45) is 16.5 Å². The lowest BCUT2D eigenvalue weighted by molar-refractivity contribution is -0.129. The molecule has 2 fully saturated rings. The van der Waals surface area contributed by atoms with E-state index >= 15 is 0 Å². The zero-order valence-electron chi connectivity index (χ0n) is 18.1. The van der Waals surface area contributed by atoms with Crippen LogP contribution in [0.1, 0.15) is 25.7 Å². The number of aliphatic imine (C=N–C) groups is 1. The van der Waals surface area contributed by atoms with Crippen LogP contribution in [0.3, 0.4) is 0 Å². The molecule has 2 saturated heterocycles. The molecule has 0 aromatic carbocycles. The molecule has 0 unspecified atom stereocenters. The molecule has 0 aliphatic carbocycles. The van der Waals surface area contributed by atoms with Gasteiger partial charge >= 0.3 is 0 Å². The second-order valence-electron chi connectivity index (χ2n) is 7.75. The summed E-state index contributed by atoms with van der Waals surface area (Å²) < 4.78 is 30.2. The summed E-state index contributed by atoms with van der Waals surface area (Å²) in [6.07, 6.45) is 5.60. The highest BCUT2D eigenvalue weighted by molar-refractivity contribution is 7.88. The minimum absolute atomic E-state index is 0.0515. The number of hydrogen-bond acceptors (Lipinski definition) is 7. The van der Waals surface area contributed by atoms with Gasteiger partial charge < -0.3 is 26.0 Å². The van der Waals surface area contributed by atoms with Gasteiger partial charge in [0.2, 0.25) is 10.0 Å². The normalized spacial score (nSPS) is 21.1. The maximum Gasteiger partial charge on any atom is 0.276 e. The first-order chi connectivity index (χ1) is 14.1. The number of nitrogens with two attached hydrogens (primary N) is 2. The van der Waals surface area contributed by atoms with Gasteiger partial charge in [-0.25, -0.2) is 17.7 Å². The molecule has 0 aromatic rings. The quantitative estimate of drug-likeness (QED) is 0.181. The van der Waals surface area contributed by atoms with Crippen molar-refractivity contribution in [2.75, 3.05) is 46.6 Å². The lowest BCUT2D eigenvalue weighted by atomic mass is 9.97. The molecule has 0 radical (unpaired) electrons. The van der Waals surface area contributed by atoms with Gasteiger partial charge in [-0.3, -0.25) is 4.79 Å². The maximum absolute atomic E-state index is 12.9. The molecule has 170 valence electrons. The van der Waals surface area contributed by atoms with Gasteiger partial charge in [-0.2, -0.15) is 0 Å². The second kappa shape index (κ2) is 10.3. The van der Waals surface area contributed by atoms with E-state index in [-0.39, 0.29) is 29.1 Å². The SMILES string of the molecule is C=C(N)/C(OC)=C(\N=CN)C(=O)N1CCC(N2CCC(N(C)S(C)(=O)=O)CC2)CC1. The van der Waals surface area contributed by atoms with E-state index in [1.54, 1.807) is 11.9 Å². The molecule has 1 amide bonds. The van der Waals surface area contributed by atoms with Crippen LogP contribution in [0.2, 0.25) is 0 Å². The lowest BCUT2D eigenvalue weighted by Gasteiger charge is -2.43. The average molecular weight is 443 g/mol. The monoisotopic (exact) mass is 442 g/mol. The van der Waals surface area contributed by atoms with E-state index in [0.29, 0.717) is 19.1 Å². The first-order valence-electron chi connectivity index (χ1n) is 10.0. The van der Waals surface area contributed by atoms with Gasteiger partial charge in [-0.15, -0.1) is 0 Å². The molecule has 2 rings (SSSR count). The summed E-state index contributed by atoms with van der Waals surface area (Å²) in [5.41, 5.74) is 11.3. The van der Waals surface area contributed by atoms with Gasteiger partial charge in [-0.1, -0.05) is 6.58 Å². The van der Waals surface area contributed by atoms with E-state index in [1.165, 1.54) is 17.7 Å². The van der Waals surface area contributed by atoms with Crippen LogP contribution >= 0.6 is 0 Å². The number of carbonyl (C=O) groups excluding carboxylic acids is 1. The molecular weight excluding hydrogens is 408 g/mol. The van der Waals surface area contributed by atoms with Gasteiger partial charge in [0.05, 0.1) is 25.4 Å². The molecule has 0 saturated carbocycles. The second-order valence-corrected chi connectivity index (χ2v) is 9.80. The molecule has 4 N–H and O–H groups in total. The number of piperidine rings is 2. The van der Waals surface area contributed by atoms with Crippen molar-refractivity contribution in [3.8, 4) is 0 Å². The molecular formula is C19H34N6O4S. The van der Waals surface area contributed by atoms with Crippen LogP contribution in [0.4, 0.5) is 0 Å². The van der Waals surface area contributed by atoms with Gasteiger partial charge in [-0.05, 0) is 38.8 Å². The molecule has 30 heavy (non-hydrogen) atoms. The van der Waals surface area contributed by atoms with Crippen molar-refractivity contribution in [3.63, 3.8) is 0 Å². The third-order valence-corrected chi connectivity index (χ3v) is 7.27. The Hall–Kier alpha value is -2.11. The van der Waals surface area contributed by atoms with Gasteiger partial charge in [0.15, 0.2) is 11.5 Å². The maximum atomic E-state index is 12.9. The fraction of sp³-hybridized carbons (Fsp3) is 0.684. The number of carbonyl (C=O) groups is 1.